The van der Waals surface area contributed by atoms with E-state index in [0.29, 0.717) is 0 Å². The van der Waals surface area contributed by atoms with E-state index in [4.69, 9.17) is 4.42 Å². The van der Waals surface area contributed by atoms with Gasteiger partial charge in [0.15, 0.2) is 5.76 Å². The number of hydrogen-bond donors (Lipinski definition) is 1. The molecule has 8 heteroatoms. The van der Waals surface area contributed by atoms with E-state index < -0.39 is 23.6 Å². The lowest BCUT2D eigenvalue weighted by Crippen LogP contribution is -2.29. The van der Waals surface area contributed by atoms with Gasteiger partial charge in [0.2, 0.25) is 0 Å². The predicted octanol–water partition coefficient (Wildman–Crippen LogP) is 2.87. The number of nitrogens with one attached hydrogen (secondary N) is 1. The van der Waals surface area contributed by atoms with E-state index in [2.05, 4.69) is 10.1 Å². The van der Waals surface area contributed by atoms with Gasteiger partial charge in [-0.3, -0.25) is 9.59 Å². The summed E-state index contributed by atoms with van der Waals surface area (Å²) < 4.78 is 47.7. The zero-order valence-electron chi connectivity index (χ0n) is 11.9. The van der Waals surface area contributed by atoms with Gasteiger partial charge in [-0.1, -0.05) is 12.1 Å². The number of furan rings is 1. The van der Waals surface area contributed by atoms with Crippen LogP contribution in [0.5, 0.6) is 0 Å². The lowest BCUT2D eigenvalue weighted by atomic mass is 10.1. The summed E-state index contributed by atoms with van der Waals surface area (Å²) in [6.45, 7) is -0.338. The Labute approximate surface area is 129 Å². The maximum Gasteiger partial charge on any atom is 0.416 e. The van der Waals surface area contributed by atoms with Gasteiger partial charge in [0.25, 0.3) is 5.91 Å². The fraction of sp³-hybridized carbons (Fsp3) is 0.200. The van der Waals surface area contributed by atoms with Crippen molar-refractivity contribution >= 4 is 11.9 Å². The molecular formula is C15H12F3NO4. The Balaban J connectivity index is 2.16. The number of amides is 1. The van der Waals surface area contributed by atoms with E-state index in [0.717, 1.165) is 12.1 Å². The molecule has 0 fully saturated rings. The van der Waals surface area contributed by atoms with Gasteiger partial charge in [0, 0.05) is 5.56 Å². The summed E-state index contributed by atoms with van der Waals surface area (Å²) in [5.41, 5.74) is -0.630. The summed E-state index contributed by atoms with van der Waals surface area (Å²) in [6, 6.07) is 7.23. The summed E-state index contributed by atoms with van der Waals surface area (Å²) in [7, 11) is 1.17. The molecule has 5 nitrogen and oxygen atoms in total. The summed E-state index contributed by atoms with van der Waals surface area (Å²) in [6.07, 6.45) is -4.47. The second kappa shape index (κ2) is 6.55. The molecule has 0 bridgehead atoms. The Hall–Kier alpha value is -2.77. The molecule has 1 heterocycles. The van der Waals surface area contributed by atoms with Crippen LogP contribution in [0.15, 0.2) is 40.8 Å². The first-order valence-corrected chi connectivity index (χ1v) is 6.43. The van der Waals surface area contributed by atoms with Crippen molar-refractivity contribution in [2.45, 2.75) is 6.18 Å². The number of halogens is 3. The third kappa shape index (κ3) is 4.12. The molecule has 0 saturated heterocycles. The first-order chi connectivity index (χ1) is 10.8. The minimum absolute atomic E-state index is 0.110. The van der Waals surface area contributed by atoms with E-state index in [1.54, 1.807) is 0 Å². The number of carbonyl (C=O) groups excluding carboxylic acids is 2. The Kier molecular flexibility index (Phi) is 4.73. The van der Waals surface area contributed by atoms with E-state index in [-0.39, 0.29) is 23.6 Å². The lowest BCUT2D eigenvalue weighted by Gasteiger charge is -2.07. The number of methoxy groups -OCH3 is 1. The number of carbonyl (C=O) groups is 2. The molecule has 1 N–H and O–H groups in total. The van der Waals surface area contributed by atoms with Gasteiger partial charge in [-0.2, -0.15) is 13.2 Å². The second-order valence-corrected chi connectivity index (χ2v) is 4.50. The standard InChI is InChI=1S/C15H12F3NO4/c1-22-13(20)8-19-14(21)12-6-5-11(23-12)9-3-2-4-10(7-9)15(16,17)18/h2-7H,8H2,1H3,(H,19,21). The van der Waals surface area contributed by atoms with Crippen LogP contribution in [0.3, 0.4) is 0 Å². The molecule has 0 radical (unpaired) electrons. The molecule has 0 saturated carbocycles. The molecule has 0 aliphatic heterocycles. The van der Waals surface area contributed by atoms with Crippen molar-refractivity contribution in [3.05, 3.63) is 47.7 Å². The molecule has 0 spiro atoms. The van der Waals surface area contributed by atoms with Crippen LogP contribution in [-0.4, -0.2) is 25.5 Å². The third-order valence-corrected chi connectivity index (χ3v) is 2.93. The maximum absolute atomic E-state index is 12.7. The van der Waals surface area contributed by atoms with Crippen molar-refractivity contribution in [1.82, 2.24) is 5.32 Å². The largest absolute Gasteiger partial charge is 0.468 e. The zero-order chi connectivity index (χ0) is 17.0. The fourth-order valence-corrected chi connectivity index (χ4v) is 1.78. The van der Waals surface area contributed by atoms with Crippen molar-refractivity contribution in [3.63, 3.8) is 0 Å². The smallest absolute Gasteiger partial charge is 0.416 e. The second-order valence-electron chi connectivity index (χ2n) is 4.50. The van der Waals surface area contributed by atoms with Crippen LogP contribution in [0.1, 0.15) is 16.1 Å². The molecule has 23 heavy (non-hydrogen) atoms. The van der Waals surface area contributed by atoms with Crippen LogP contribution in [0.2, 0.25) is 0 Å². The quantitative estimate of drug-likeness (QED) is 0.877. The number of alkyl halides is 3. The van der Waals surface area contributed by atoms with Gasteiger partial charge >= 0.3 is 12.1 Å². The highest BCUT2D eigenvalue weighted by Crippen LogP contribution is 2.32. The summed E-state index contributed by atoms with van der Waals surface area (Å²) in [5, 5.41) is 2.26. The number of benzene rings is 1. The summed E-state index contributed by atoms with van der Waals surface area (Å²) in [4.78, 5) is 22.7. The molecule has 0 atom stereocenters. The lowest BCUT2D eigenvalue weighted by molar-refractivity contribution is -0.139. The Bertz CT molecular complexity index is 722. The van der Waals surface area contributed by atoms with Crippen LogP contribution < -0.4 is 5.32 Å². The Morgan fingerprint density at radius 3 is 2.61 bits per heavy atom. The third-order valence-electron chi connectivity index (χ3n) is 2.93. The topological polar surface area (TPSA) is 68.5 Å². The van der Waals surface area contributed by atoms with Gasteiger partial charge in [-0.15, -0.1) is 0 Å². The van der Waals surface area contributed by atoms with E-state index >= 15 is 0 Å². The molecule has 122 valence electrons. The van der Waals surface area contributed by atoms with Crippen LogP contribution in [0, 0.1) is 0 Å². The van der Waals surface area contributed by atoms with Gasteiger partial charge in [-0.25, -0.2) is 0 Å². The summed E-state index contributed by atoms with van der Waals surface area (Å²) >= 11 is 0. The van der Waals surface area contributed by atoms with Crippen molar-refractivity contribution < 1.29 is 31.9 Å². The van der Waals surface area contributed by atoms with Gasteiger partial charge in [-0.05, 0) is 24.3 Å². The minimum atomic E-state index is -4.47. The number of rotatable bonds is 4. The maximum atomic E-state index is 12.7. The molecule has 0 unspecified atom stereocenters. The Morgan fingerprint density at radius 2 is 1.96 bits per heavy atom. The molecule has 2 aromatic rings. The molecule has 1 amide bonds. The van der Waals surface area contributed by atoms with Crippen LogP contribution in [-0.2, 0) is 15.7 Å². The number of ether oxygens (including phenoxy) is 1. The average Bonchev–Trinajstić information content (AvgIpc) is 3.01. The highest BCUT2D eigenvalue weighted by Gasteiger charge is 2.30. The molecule has 0 aliphatic rings. The van der Waals surface area contributed by atoms with Gasteiger partial charge in [0.1, 0.15) is 12.3 Å². The van der Waals surface area contributed by atoms with E-state index in [1.807, 2.05) is 0 Å². The van der Waals surface area contributed by atoms with Gasteiger partial charge in [0.05, 0.1) is 12.7 Å². The molecule has 1 aromatic carbocycles. The average molecular weight is 327 g/mol. The molecule has 1 aromatic heterocycles. The highest BCUT2D eigenvalue weighted by molar-refractivity contribution is 5.94. The zero-order valence-corrected chi connectivity index (χ0v) is 11.9. The first-order valence-electron chi connectivity index (χ1n) is 6.43. The van der Waals surface area contributed by atoms with Crippen LogP contribution in [0.25, 0.3) is 11.3 Å². The predicted molar refractivity (Wildman–Crippen MR) is 73.5 cm³/mol. The van der Waals surface area contributed by atoms with Crippen molar-refractivity contribution in [2.24, 2.45) is 0 Å². The monoisotopic (exact) mass is 327 g/mol. The van der Waals surface area contributed by atoms with Crippen LogP contribution in [0.4, 0.5) is 13.2 Å². The molecule has 0 aliphatic carbocycles. The normalized spacial score (nSPS) is 11.1. The minimum Gasteiger partial charge on any atom is -0.468 e. The number of hydrogen-bond acceptors (Lipinski definition) is 4. The molecule has 2 rings (SSSR count). The van der Waals surface area contributed by atoms with Crippen LogP contribution >= 0.6 is 0 Å². The van der Waals surface area contributed by atoms with E-state index in [1.165, 1.54) is 31.4 Å². The molecular weight excluding hydrogens is 315 g/mol. The van der Waals surface area contributed by atoms with Crippen molar-refractivity contribution in [3.8, 4) is 11.3 Å². The van der Waals surface area contributed by atoms with E-state index in [9.17, 15) is 22.8 Å². The first kappa shape index (κ1) is 16.6. The summed E-state index contributed by atoms with van der Waals surface area (Å²) in [5.74, 6) is -1.32. The highest BCUT2D eigenvalue weighted by atomic mass is 19.4. The Morgan fingerprint density at radius 1 is 1.22 bits per heavy atom. The van der Waals surface area contributed by atoms with Crippen molar-refractivity contribution in [2.75, 3.05) is 13.7 Å². The fourth-order valence-electron chi connectivity index (χ4n) is 1.78. The number of esters is 1. The van der Waals surface area contributed by atoms with Gasteiger partial charge < -0.3 is 14.5 Å². The SMILES string of the molecule is COC(=O)CNC(=O)c1ccc(-c2cccc(C(F)(F)F)c2)o1. The van der Waals surface area contributed by atoms with Crippen molar-refractivity contribution in [1.29, 1.82) is 0 Å².